The summed E-state index contributed by atoms with van der Waals surface area (Å²) in [5.41, 5.74) is 3.00. The van der Waals surface area contributed by atoms with Crippen LogP contribution >= 0.6 is 0 Å². The van der Waals surface area contributed by atoms with E-state index in [1.165, 1.54) is 12.0 Å². The number of nitrogens with one attached hydrogen (secondary N) is 1. The molecule has 0 radical (unpaired) electrons. The Labute approximate surface area is 220 Å². The first kappa shape index (κ1) is 25.0. The van der Waals surface area contributed by atoms with Crippen molar-refractivity contribution in [3.05, 3.63) is 95.2 Å². The molecule has 1 unspecified atom stereocenters. The number of H-pyrrole nitrogens is 1. The zero-order chi connectivity index (χ0) is 26.8. The molecule has 1 saturated heterocycles. The van der Waals surface area contributed by atoms with Gasteiger partial charge in [-0.1, -0.05) is 18.2 Å². The van der Waals surface area contributed by atoms with Crippen LogP contribution in [-0.2, 0) is 16.0 Å². The Kier molecular flexibility index (Phi) is 6.79. The Morgan fingerprint density at radius 1 is 0.921 bits per heavy atom. The minimum absolute atomic E-state index is 0.00237. The van der Waals surface area contributed by atoms with E-state index in [1.54, 1.807) is 56.7 Å². The van der Waals surface area contributed by atoms with Crippen molar-refractivity contribution in [3.63, 3.8) is 0 Å². The minimum Gasteiger partial charge on any atom is -0.507 e. The van der Waals surface area contributed by atoms with E-state index >= 15 is 0 Å². The number of aliphatic hydroxyl groups is 1. The predicted octanol–water partition coefficient (Wildman–Crippen LogP) is 4.86. The standard InChI is InChI=1S/C30H28N2O6/c1-36-20-10-8-18(9-11-20)28(33)26-27(23-13-12-21(37-2)16-25(23)38-3)32(30(35)29(26)34)15-14-19-17-31-24-7-5-4-6-22(19)24/h4-13,16-17,27,31,33H,14-15H2,1-3H3/b28-26-. The third kappa shape index (κ3) is 4.34. The number of carbonyl (C=O) groups is 2. The molecule has 1 aliphatic heterocycles. The van der Waals surface area contributed by atoms with E-state index in [1.807, 2.05) is 30.5 Å². The average molecular weight is 513 g/mol. The third-order valence-electron chi connectivity index (χ3n) is 6.94. The fourth-order valence-corrected chi connectivity index (χ4v) is 4.96. The van der Waals surface area contributed by atoms with E-state index in [-0.39, 0.29) is 17.9 Å². The molecule has 2 N–H and O–H groups in total. The van der Waals surface area contributed by atoms with Crippen LogP contribution in [-0.4, -0.2) is 54.6 Å². The monoisotopic (exact) mass is 512 g/mol. The van der Waals surface area contributed by atoms with E-state index < -0.39 is 17.7 Å². The lowest BCUT2D eigenvalue weighted by molar-refractivity contribution is -0.139. The summed E-state index contributed by atoms with van der Waals surface area (Å²) in [6, 6.07) is 18.9. The number of rotatable bonds is 8. The fraction of sp³-hybridized carbons (Fsp3) is 0.200. The van der Waals surface area contributed by atoms with Gasteiger partial charge in [0.15, 0.2) is 0 Å². The van der Waals surface area contributed by atoms with Gasteiger partial charge in [0.05, 0.1) is 32.9 Å². The molecule has 1 fully saturated rings. The molecule has 1 aliphatic rings. The van der Waals surface area contributed by atoms with Crippen LogP contribution < -0.4 is 14.2 Å². The highest BCUT2D eigenvalue weighted by Gasteiger charge is 2.47. The molecule has 2 heterocycles. The lowest BCUT2D eigenvalue weighted by Gasteiger charge is -2.27. The van der Waals surface area contributed by atoms with Crippen LogP contribution in [0.4, 0.5) is 0 Å². The molecular formula is C30H28N2O6. The second kappa shape index (κ2) is 10.3. The fourth-order valence-electron chi connectivity index (χ4n) is 4.96. The van der Waals surface area contributed by atoms with Crippen molar-refractivity contribution in [2.24, 2.45) is 0 Å². The van der Waals surface area contributed by atoms with Crippen molar-refractivity contribution in [2.45, 2.75) is 12.5 Å². The molecule has 1 atom stereocenters. The van der Waals surface area contributed by atoms with Crippen molar-refractivity contribution < 1.29 is 28.9 Å². The summed E-state index contributed by atoms with van der Waals surface area (Å²) < 4.78 is 16.2. The lowest BCUT2D eigenvalue weighted by Crippen LogP contribution is -2.31. The molecule has 0 saturated carbocycles. The number of para-hydroxylation sites is 1. The Balaban J connectivity index is 1.61. The largest absolute Gasteiger partial charge is 0.507 e. The molecule has 0 bridgehead atoms. The number of aromatic amines is 1. The maximum absolute atomic E-state index is 13.4. The van der Waals surface area contributed by atoms with Crippen LogP contribution in [0, 0.1) is 0 Å². The number of nitrogens with zero attached hydrogens (tertiary/aromatic N) is 1. The topological polar surface area (TPSA) is 101 Å². The number of hydrogen-bond acceptors (Lipinski definition) is 6. The van der Waals surface area contributed by atoms with Crippen LogP contribution in [0.15, 0.2) is 78.5 Å². The van der Waals surface area contributed by atoms with Gasteiger partial charge in [-0.3, -0.25) is 9.59 Å². The molecule has 4 aromatic rings. The number of ketones is 1. The quantitative estimate of drug-likeness (QED) is 0.199. The molecule has 0 aliphatic carbocycles. The van der Waals surface area contributed by atoms with Crippen molar-refractivity contribution in [3.8, 4) is 17.2 Å². The second-order valence-corrected chi connectivity index (χ2v) is 8.94. The normalized spacial score (nSPS) is 16.7. The van der Waals surface area contributed by atoms with Crippen LogP contribution in [0.25, 0.3) is 16.7 Å². The summed E-state index contributed by atoms with van der Waals surface area (Å²) in [6.07, 6.45) is 2.43. The summed E-state index contributed by atoms with van der Waals surface area (Å²) in [5, 5.41) is 12.4. The first-order valence-corrected chi connectivity index (χ1v) is 12.2. The van der Waals surface area contributed by atoms with Gasteiger partial charge in [-0.05, 0) is 54.4 Å². The van der Waals surface area contributed by atoms with Gasteiger partial charge in [-0.15, -0.1) is 0 Å². The van der Waals surface area contributed by atoms with Gasteiger partial charge in [0, 0.05) is 40.8 Å². The summed E-state index contributed by atoms with van der Waals surface area (Å²) in [4.78, 5) is 31.6. The van der Waals surface area contributed by atoms with Gasteiger partial charge in [0.2, 0.25) is 0 Å². The van der Waals surface area contributed by atoms with Gasteiger partial charge in [0.25, 0.3) is 11.7 Å². The lowest BCUT2D eigenvalue weighted by atomic mass is 9.94. The number of Topliss-reactive ketones (excluding diaryl/α,β-unsaturated/α-hetero) is 1. The zero-order valence-corrected chi connectivity index (χ0v) is 21.4. The van der Waals surface area contributed by atoms with Gasteiger partial charge < -0.3 is 29.2 Å². The number of carbonyl (C=O) groups excluding carboxylic acids is 2. The number of likely N-dealkylation sites (tertiary alicyclic amines) is 1. The Hall–Kier alpha value is -4.72. The summed E-state index contributed by atoms with van der Waals surface area (Å²) in [5.74, 6) is -0.0778. The van der Waals surface area contributed by atoms with Crippen molar-refractivity contribution in [1.29, 1.82) is 0 Å². The van der Waals surface area contributed by atoms with Crippen LogP contribution in [0.1, 0.15) is 22.7 Å². The Morgan fingerprint density at radius 3 is 2.34 bits per heavy atom. The Morgan fingerprint density at radius 2 is 1.63 bits per heavy atom. The maximum atomic E-state index is 13.4. The first-order valence-electron chi connectivity index (χ1n) is 12.2. The number of amides is 1. The van der Waals surface area contributed by atoms with Gasteiger partial charge >= 0.3 is 0 Å². The number of hydrogen-bond donors (Lipinski definition) is 2. The van der Waals surface area contributed by atoms with Crippen LogP contribution in [0.5, 0.6) is 17.2 Å². The van der Waals surface area contributed by atoms with E-state index in [4.69, 9.17) is 14.2 Å². The molecule has 5 rings (SSSR count). The number of ether oxygens (including phenoxy) is 3. The average Bonchev–Trinajstić information content (AvgIpc) is 3.49. The highest BCUT2D eigenvalue weighted by molar-refractivity contribution is 6.46. The molecule has 0 spiro atoms. The van der Waals surface area contributed by atoms with Crippen molar-refractivity contribution >= 4 is 28.4 Å². The van der Waals surface area contributed by atoms with E-state index in [9.17, 15) is 14.7 Å². The third-order valence-corrected chi connectivity index (χ3v) is 6.94. The number of aliphatic hydroxyl groups excluding tert-OH is 1. The zero-order valence-electron chi connectivity index (χ0n) is 21.4. The molecule has 194 valence electrons. The maximum Gasteiger partial charge on any atom is 0.295 e. The Bertz CT molecular complexity index is 1540. The smallest absolute Gasteiger partial charge is 0.295 e. The minimum atomic E-state index is -0.858. The van der Waals surface area contributed by atoms with E-state index in [2.05, 4.69) is 4.98 Å². The molecule has 8 nitrogen and oxygen atoms in total. The number of benzene rings is 3. The molecular weight excluding hydrogens is 484 g/mol. The van der Waals surface area contributed by atoms with E-state index in [0.29, 0.717) is 34.8 Å². The number of aromatic nitrogens is 1. The van der Waals surface area contributed by atoms with E-state index in [0.717, 1.165) is 16.5 Å². The molecule has 1 aromatic heterocycles. The molecule has 38 heavy (non-hydrogen) atoms. The summed E-state index contributed by atoms with van der Waals surface area (Å²) in [6.45, 7) is 0.256. The van der Waals surface area contributed by atoms with Gasteiger partial charge in [0.1, 0.15) is 23.0 Å². The second-order valence-electron chi connectivity index (χ2n) is 8.94. The number of fused-ring (bicyclic) bond motifs is 1. The van der Waals surface area contributed by atoms with Crippen LogP contribution in [0.3, 0.4) is 0 Å². The van der Waals surface area contributed by atoms with Crippen LogP contribution in [0.2, 0.25) is 0 Å². The SMILES string of the molecule is COc1ccc(/C(O)=C2/C(=O)C(=O)N(CCc3c[nH]c4ccccc34)C2c2ccc(OC)cc2OC)cc1. The molecule has 3 aromatic carbocycles. The predicted molar refractivity (Wildman–Crippen MR) is 144 cm³/mol. The summed E-state index contributed by atoms with van der Waals surface area (Å²) in [7, 11) is 4.61. The molecule has 8 heteroatoms. The molecule has 1 amide bonds. The van der Waals surface area contributed by atoms with Gasteiger partial charge in [-0.2, -0.15) is 0 Å². The summed E-state index contributed by atoms with van der Waals surface area (Å²) >= 11 is 0. The number of methoxy groups -OCH3 is 3. The van der Waals surface area contributed by atoms with Gasteiger partial charge in [-0.25, -0.2) is 0 Å². The first-order chi connectivity index (χ1) is 18.5. The van der Waals surface area contributed by atoms with Crippen molar-refractivity contribution in [2.75, 3.05) is 27.9 Å². The van der Waals surface area contributed by atoms with Crippen molar-refractivity contribution in [1.82, 2.24) is 9.88 Å². The highest BCUT2D eigenvalue weighted by Crippen LogP contribution is 2.44. The highest BCUT2D eigenvalue weighted by atomic mass is 16.5.